The number of likely N-dealkylation sites (tertiary alicyclic amines) is 1. The van der Waals surface area contributed by atoms with Gasteiger partial charge in [0.1, 0.15) is 0 Å². The molecule has 2 aliphatic rings. The number of allylic oxidation sites excluding steroid dienone is 1. The molecule has 1 aliphatic heterocycles. The molecule has 1 unspecified atom stereocenters. The Labute approximate surface area is 143 Å². The Balaban J connectivity index is 1.50. The molecular weight excluding hydrogens is 300 g/mol. The third-order valence-electron chi connectivity index (χ3n) is 4.99. The number of hydrogen-bond donors (Lipinski definition) is 1. The van der Waals surface area contributed by atoms with Gasteiger partial charge in [-0.1, -0.05) is 29.3 Å². The zero-order valence-corrected chi connectivity index (χ0v) is 14.4. The highest BCUT2D eigenvalue weighted by atomic mass is 16.2. The smallest absolute Gasteiger partial charge is 0.229 e. The van der Waals surface area contributed by atoms with Gasteiger partial charge >= 0.3 is 0 Å². The number of rotatable bonds is 5. The average Bonchev–Trinajstić information content (AvgIpc) is 2.97. The van der Waals surface area contributed by atoms with E-state index >= 15 is 0 Å². The van der Waals surface area contributed by atoms with Crippen LogP contribution in [-0.2, 0) is 9.59 Å². The van der Waals surface area contributed by atoms with E-state index in [1.54, 1.807) is 0 Å². The summed E-state index contributed by atoms with van der Waals surface area (Å²) in [5, 5.41) is 2.93. The van der Waals surface area contributed by atoms with Gasteiger partial charge in [0.25, 0.3) is 0 Å². The van der Waals surface area contributed by atoms with Gasteiger partial charge in [-0.3, -0.25) is 9.59 Å². The minimum atomic E-state index is -0.237. The molecule has 2 amide bonds. The zero-order chi connectivity index (χ0) is 16.9. The fourth-order valence-corrected chi connectivity index (χ4v) is 3.46. The summed E-state index contributed by atoms with van der Waals surface area (Å²) in [4.78, 5) is 26.4. The largest absolute Gasteiger partial charge is 0.342 e. The molecule has 1 fully saturated rings. The maximum Gasteiger partial charge on any atom is 0.229 e. The molecular formula is C20H26N2O2. The van der Waals surface area contributed by atoms with Crippen LogP contribution in [0.15, 0.2) is 35.9 Å². The first-order chi connectivity index (χ1) is 11.6. The van der Waals surface area contributed by atoms with Crippen molar-refractivity contribution in [3.8, 4) is 0 Å². The van der Waals surface area contributed by atoms with Crippen LogP contribution in [0.2, 0.25) is 0 Å². The van der Waals surface area contributed by atoms with E-state index in [0.717, 1.165) is 24.2 Å². The summed E-state index contributed by atoms with van der Waals surface area (Å²) in [5.74, 6) is -0.179. The fourth-order valence-electron chi connectivity index (χ4n) is 3.46. The third kappa shape index (κ3) is 4.25. The Morgan fingerprint density at radius 2 is 2.04 bits per heavy atom. The third-order valence-corrected chi connectivity index (χ3v) is 4.99. The molecule has 24 heavy (non-hydrogen) atoms. The molecule has 0 radical (unpaired) electrons. The highest BCUT2D eigenvalue weighted by molar-refractivity contribution is 5.97. The summed E-state index contributed by atoms with van der Waals surface area (Å²) in [6.45, 7) is 3.31. The number of hydrogen-bond acceptors (Lipinski definition) is 2. The van der Waals surface area contributed by atoms with E-state index in [1.807, 2.05) is 36.1 Å². The molecule has 0 spiro atoms. The molecule has 1 aliphatic carbocycles. The molecule has 1 N–H and O–H groups in total. The molecule has 1 aromatic carbocycles. The van der Waals surface area contributed by atoms with Gasteiger partial charge in [-0.25, -0.2) is 0 Å². The first kappa shape index (κ1) is 16.7. The minimum Gasteiger partial charge on any atom is -0.342 e. The molecule has 4 nitrogen and oxygen atoms in total. The van der Waals surface area contributed by atoms with Crippen LogP contribution < -0.4 is 5.32 Å². The molecule has 0 aromatic heterocycles. The molecule has 1 saturated heterocycles. The van der Waals surface area contributed by atoms with Crippen LogP contribution in [0.1, 0.15) is 44.1 Å². The maximum absolute atomic E-state index is 12.4. The summed E-state index contributed by atoms with van der Waals surface area (Å²) in [5.41, 5.74) is 3.43. The second-order valence-electron chi connectivity index (χ2n) is 6.95. The highest BCUT2D eigenvalue weighted by Gasteiger charge is 2.34. The van der Waals surface area contributed by atoms with Crippen LogP contribution in [0.4, 0.5) is 5.69 Å². The van der Waals surface area contributed by atoms with E-state index in [-0.39, 0.29) is 17.7 Å². The molecule has 3 rings (SSSR count). The van der Waals surface area contributed by atoms with Crippen LogP contribution in [-0.4, -0.2) is 29.8 Å². The number of carbonyl (C=O) groups is 2. The summed E-state index contributed by atoms with van der Waals surface area (Å²) in [6.07, 6.45) is 8.50. The Morgan fingerprint density at radius 1 is 1.25 bits per heavy atom. The topological polar surface area (TPSA) is 49.4 Å². The first-order valence-electron chi connectivity index (χ1n) is 8.95. The van der Waals surface area contributed by atoms with E-state index in [9.17, 15) is 9.59 Å². The van der Waals surface area contributed by atoms with E-state index < -0.39 is 0 Å². The standard InChI is InChI=1S/C20H26N2O2/c1-15-7-9-18(10-8-15)21-20(24)17-13-19(23)22(14-17)12-11-16-5-3-2-4-6-16/h5,7-10,17H,2-4,6,11-14H2,1H3,(H,21,24). The zero-order valence-electron chi connectivity index (χ0n) is 14.4. The van der Waals surface area contributed by atoms with Gasteiger partial charge in [-0.15, -0.1) is 0 Å². The van der Waals surface area contributed by atoms with Crippen molar-refractivity contribution < 1.29 is 9.59 Å². The Kier molecular flexibility index (Phi) is 5.34. The predicted molar refractivity (Wildman–Crippen MR) is 95.7 cm³/mol. The summed E-state index contributed by atoms with van der Waals surface area (Å²) in [7, 11) is 0. The molecule has 1 aromatic rings. The number of amides is 2. The van der Waals surface area contributed by atoms with Crippen LogP contribution in [0.25, 0.3) is 0 Å². The van der Waals surface area contributed by atoms with Crippen molar-refractivity contribution in [2.75, 3.05) is 18.4 Å². The lowest BCUT2D eigenvalue weighted by molar-refractivity contribution is -0.128. The van der Waals surface area contributed by atoms with E-state index in [4.69, 9.17) is 0 Å². The van der Waals surface area contributed by atoms with Crippen molar-refractivity contribution in [1.82, 2.24) is 4.90 Å². The number of nitrogens with one attached hydrogen (secondary N) is 1. The van der Waals surface area contributed by atoms with E-state index in [2.05, 4.69) is 11.4 Å². The minimum absolute atomic E-state index is 0.0495. The lowest BCUT2D eigenvalue weighted by Gasteiger charge is -2.19. The Morgan fingerprint density at radius 3 is 2.75 bits per heavy atom. The predicted octanol–water partition coefficient (Wildman–Crippen LogP) is 3.67. The second-order valence-corrected chi connectivity index (χ2v) is 6.95. The fraction of sp³-hybridized carbons (Fsp3) is 0.500. The van der Waals surface area contributed by atoms with E-state index in [0.29, 0.717) is 13.0 Å². The van der Waals surface area contributed by atoms with Crippen molar-refractivity contribution in [3.05, 3.63) is 41.5 Å². The lowest BCUT2D eigenvalue weighted by atomic mass is 9.97. The number of nitrogens with zero attached hydrogens (tertiary/aromatic N) is 1. The second kappa shape index (κ2) is 7.65. The van der Waals surface area contributed by atoms with Gasteiger partial charge in [0.2, 0.25) is 11.8 Å². The monoisotopic (exact) mass is 326 g/mol. The number of carbonyl (C=O) groups excluding carboxylic acids is 2. The van der Waals surface area contributed by atoms with Gasteiger partial charge in [0.15, 0.2) is 0 Å². The molecule has 128 valence electrons. The molecule has 4 heteroatoms. The average molecular weight is 326 g/mol. The van der Waals surface area contributed by atoms with Gasteiger partial charge in [-0.05, 0) is 51.2 Å². The first-order valence-corrected chi connectivity index (χ1v) is 8.95. The summed E-state index contributed by atoms with van der Waals surface area (Å²) in [6, 6.07) is 7.74. The number of benzene rings is 1. The number of aryl methyl sites for hydroxylation is 1. The van der Waals surface area contributed by atoms with Crippen LogP contribution >= 0.6 is 0 Å². The number of anilines is 1. The van der Waals surface area contributed by atoms with Gasteiger partial charge < -0.3 is 10.2 Å². The SMILES string of the molecule is Cc1ccc(NC(=O)C2CC(=O)N(CCC3=CCCCC3)C2)cc1. The molecule has 0 bridgehead atoms. The van der Waals surface area contributed by atoms with Crippen LogP contribution in [0.3, 0.4) is 0 Å². The summed E-state index contributed by atoms with van der Waals surface area (Å²) >= 11 is 0. The Bertz CT molecular complexity index is 634. The van der Waals surface area contributed by atoms with Crippen molar-refractivity contribution in [2.45, 2.75) is 45.4 Å². The summed E-state index contributed by atoms with van der Waals surface area (Å²) < 4.78 is 0. The molecule has 0 saturated carbocycles. The van der Waals surface area contributed by atoms with Gasteiger partial charge in [-0.2, -0.15) is 0 Å². The highest BCUT2D eigenvalue weighted by Crippen LogP contribution is 2.24. The van der Waals surface area contributed by atoms with Gasteiger partial charge in [0, 0.05) is 25.2 Å². The van der Waals surface area contributed by atoms with Gasteiger partial charge in [0.05, 0.1) is 5.92 Å². The molecule has 1 heterocycles. The maximum atomic E-state index is 12.4. The van der Waals surface area contributed by atoms with E-state index in [1.165, 1.54) is 31.3 Å². The van der Waals surface area contributed by atoms with Crippen molar-refractivity contribution in [3.63, 3.8) is 0 Å². The lowest BCUT2D eigenvalue weighted by Crippen LogP contribution is -2.29. The van der Waals surface area contributed by atoms with Crippen LogP contribution in [0.5, 0.6) is 0 Å². The Hall–Kier alpha value is -2.10. The van der Waals surface area contributed by atoms with Crippen molar-refractivity contribution >= 4 is 17.5 Å². The normalized spacial score (nSPS) is 20.9. The molecule has 1 atom stereocenters. The van der Waals surface area contributed by atoms with Crippen molar-refractivity contribution in [1.29, 1.82) is 0 Å². The quantitative estimate of drug-likeness (QED) is 0.839. The van der Waals surface area contributed by atoms with Crippen molar-refractivity contribution in [2.24, 2.45) is 5.92 Å². The van der Waals surface area contributed by atoms with Crippen LogP contribution in [0, 0.1) is 12.8 Å².